The summed E-state index contributed by atoms with van der Waals surface area (Å²) in [5.74, 6) is -1.14. The molecule has 2 rings (SSSR count). The number of hydrogen-bond donors (Lipinski definition) is 0. The number of benzene rings is 1. The Kier molecular flexibility index (Phi) is 3.65. The molecule has 0 spiro atoms. The zero-order chi connectivity index (χ0) is 13.8. The topological polar surface area (TPSA) is 74.1 Å². The normalized spacial score (nSPS) is 10.2. The molecular formula is C12H10FN3O3. The first-order valence-corrected chi connectivity index (χ1v) is 5.51. The number of rotatable bonds is 4. The summed E-state index contributed by atoms with van der Waals surface area (Å²) in [5, 5.41) is 7.32. The maximum absolute atomic E-state index is 12.8. The second kappa shape index (κ2) is 5.38. The maximum atomic E-state index is 12.8. The quantitative estimate of drug-likeness (QED) is 0.615. The highest BCUT2D eigenvalue weighted by molar-refractivity contribution is 5.95. The standard InChI is InChI=1S/C12H10FN3O3/c1-2-19-12(18)11-10(7-17)16(15-14-11)9-5-3-8(13)4-6-9/h3-7H,2H2,1H3. The highest BCUT2D eigenvalue weighted by Crippen LogP contribution is 2.13. The fourth-order valence-corrected chi connectivity index (χ4v) is 1.51. The third-order valence-electron chi connectivity index (χ3n) is 2.36. The van der Waals surface area contributed by atoms with E-state index in [0.29, 0.717) is 12.0 Å². The lowest BCUT2D eigenvalue weighted by Gasteiger charge is -2.02. The molecule has 0 aliphatic heterocycles. The van der Waals surface area contributed by atoms with Crippen LogP contribution in [0.25, 0.3) is 5.69 Å². The van der Waals surface area contributed by atoms with Crippen LogP contribution in [0, 0.1) is 5.82 Å². The van der Waals surface area contributed by atoms with Crippen molar-refractivity contribution in [1.82, 2.24) is 15.0 Å². The van der Waals surface area contributed by atoms with Crippen molar-refractivity contribution in [1.29, 1.82) is 0 Å². The Labute approximate surface area is 107 Å². The third-order valence-corrected chi connectivity index (χ3v) is 2.36. The fourth-order valence-electron chi connectivity index (χ4n) is 1.51. The molecule has 0 fully saturated rings. The number of aromatic nitrogens is 3. The number of nitrogens with zero attached hydrogens (tertiary/aromatic N) is 3. The average molecular weight is 263 g/mol. The van der Waals surface area contributed by atoms with Gasteiger partial charge in [0.05, 0.1) is 12.3 Å². The van der Waals surface area contributed by atoms with Crippen LogP contribution in [0.1, 0.15) is 27.9 Å². The lowest BCUT2D eigenvalue weighted by Crippen LogP contribution is -2.09. The van der Waals surface area contributed by atoms with Crippen LogP contribution in [0.4, 0.5) is 4.39 Å². The lowest BCUT2D eigenvalue weighted by molar-refractivity contribution is 0.0517. The Hall–Kier alpha value is -2.57. The summed E-state index contributed by atoms with van der Waals surface area (Å²) < 4.78 is 18.7. The monoisotopic (exact) mass is 263 g/mol. The third kappa shape index (κ3) is 2.49. The molecule has 0 aliphatic rings. The van der Waals surface area contributed by atoms with E-state index < -0.39 is 11.8 Å². The smallest absolute Gasteiger partial charge is 0.361 e. The van der Waals surface area contributed by atoms with Crippen molar-refractivity contribution >= 4 is 12.3 Å². The molecule has 0 N–H and O–H groups in total. The van der Waals surface area contributed by atoms with Crippen molar-refractivity contribution in [3.05, 3.63) is 41.5 Å². The number of carbonyl (C=O) groups excluding carboxylic acids is 2. The molecule has 0 aliphatic carbocycles. The molecule has 7 heteroatoms. The summed E-state index contributed by atoms with van der Waals surface area (Å²) in [6.45, 7) is 1.81. The molecule has 0 saturated heterocycles. The Morgan fingerprint density at radius 1 is 1.42 bits per heavy atom. The van der Waals surface area contributed by atoms with E-state index in [2.05, 4.69) is 10.3 Å². The van der Waals surface area contributed by atoms with E-state index in [1.54, 1.807) is 6.92 Å². The average Bonchev–Trinajstić information content (AvgIpc) is 2.83. The van der Waals surface area contributed by atoms with Crippen molar-refractivity contribution < 1.29 is 18.7 Å². The minimum absolute atomic E-state index is 0.0370. The molecule has 0 bridgehead atoms. The first kappa shape index (κ1) is 12.9. The second-order valence-corrected chi connectivity index (χ2v) is 3.55. The molecule has 0 amide bonds. The van der Waals surface area contributed by atoms with Crippen molar-refractivity contribution in [2.75, 3.05) is 6.61 Å². The highest BCUT2D eigenvalue weighted by atomic mass is 19.1. The summed E-state index contributed by atoms with van der Waals surface area (Å²) in [4.78, 5) is 22.6. The van der Waals surface area contributed by atoms with Gasteiger partial charge in [0, 0.05) is 0 Å². The maximum Gasteiger partial charge on any atom is 0.361 e. The van der Waals surface area contributed by atoms with Crippen molar-refractivity contribution in [3.63, 3.8) is 0 Å². The Balaban J connectivity index is 2.45. The Morgan fingerprint density at radius 2 is 2.11 bits per heavy atom. The Bertz CT molecular complexity index is 607. The van der Waals surface area contributed by atoms with E-state index in [9.17, 15) is 14.0 Å². The van der Waals surface area contributed by atoms with E-state index in [1.807, 2.05) is 0 Å². The van der Waals surface area contributed by atoms with Crippen molar-refractivity contribution in [2.45, 2.75) is 6.92 Å². The van der Waals surface area contributed by atoms with Gasteiger partial charge in [-0.2, -0.15) is 0 Å². The number of carbonyl (C=O) groups is 2. The number of esters is 1. The molecular weight excluding hydrogens is 253 g/mol. The predicted molar refractivity (Wildman–Crippen MR) is 62.7 cm³/mol. The predicted octanol–water partition coefficient (Wildman–Crippen LogP) is 1.40. The van der Waals surface area contributed by atoms with Gasteiger partial charge in [0.2, 0.25) is 5.69 Å². The van der Waals surface area contributed by atoms with Gasteiger partial charge in [-0.3, -0.25) is 4.79 Å². The van der Waals surface area contributed by atoms with Gasteiger partial charge < -0.3 is 4.74 Å². The molecule has 1 heterocycles. The molecule has 6 nitrogen and oxygen atoms in total. The minimum atomic E-state index is -0.724. The number of halogens is 1. The summed E-state index contributed by atoms with van der Waals surface area (Å²) in [6.07, 6.45) is 0.454. The van der Waals surface area contributed by atoms with Gasteiger partial charge in [0.1, 0.15) is 11.5 Å². The molecule has 0 unspecified atom stereocenters. The Morgan fingerprint density at radius 3 is 2.68 bits per heavy atom. The second-order valence-electron chi connectivity index (χ2n) is 3.55. The summed E-state index contributed by atoms with van der Waals surface area (Å²) >= 11 is 0. The lowest BCUT2D eigenvalue weighted by atomic mass is 10.3. The molecule has 2 aromatic rings. The van der Waals surface area contributed by atoms with Crippen LogP contribution in [0.5, 0.6) is 0 Å². The van der Waals surface area contributed by atoms with E-state index in [-0.39, 0.29) is 18.0 Å². The van der Waals surface area contributed by atoms with Crippen LogP contribution in [0.3, 0.4) is 0 Å². The van der Waals surface area contributed by atoms with Gasteiger partial charge in [0.25, 0.3) is 0 Å². The summed E-state index contributed by atoms with van der Waals surface area (Å²) in [6, 6.07) is 5.28. The SMILES string of the molecule is CCOC(=O)c1nnn(-c2ccc(F)cc2)c1C=O. The van der Waals surface area contributed by atoms with Crippen LogP contribution in [0.2, 0.25) is 0 Å². The molecule has 1 aromatic carbocycles. The zero-order valence-corrected chi connectivity index (χ0v) is 10.0. The largest absolute Gasteiger partial charge is 0.461 e. The molecule has 98 valence electrons. The van der Waals surface area contributed by atoms with Crippen LogP contribution in [0.15, 0.2) is 24.3 Å². The van der Waals surface area contributed by atoms with E-state index >= 15 is 0 Å². The molecule has 0 atom stereocenters. The van der Waals surface area contributed by atoms with Gasteiger partial charge in [-0.15, -0.1) is 5.10 Å². The van der Waals surface area contributed by atoms with Gasteiger partial charge in [0.15, 0.2) is 6.29 Å². The van der Waals surface area contributed by atoms with Crippen LogP contribution < -0.4 is 0 Å². The first-order chi connectivity index (χ1) is 9.17. The number of aldehydes is 1. The van der Waals surface area contributed by atoms with E-state index in [4.69, 9.17) is 4.74 Å². The number of ether oxygens (including phenoxy) is 1. The van der Waals surface area contributed by atoms with Gasteiger partial charge >= 0.3 is 5.97 Å². The molecule has 0 radical (unpaired) electrons. The summed E-state index contributed by atoms with van der Waals surface area (Å²) in [5.41, 5.74) is 0.220. The van der Waals surface area contributed by atoms with E-state index in [0.717, 1.165) is 4.68 Å². The van der Waals surface area contributed by atoms with Crippen molar-refractivity contribution in [2.24, 2.45) is 0 Å². The highest BCUT2D eigenvalue weighted by Gasteiger charge is 2.21. The molecule has 0 saturated carbocycles. The molecule has 19 heavy (non-hydrogen) atoms. The summed E-state index contributed by atoms with van der Waals surface area (Å²) in [7, 11) is 0. The van der Waals surface area contributed by atoms with Crippen LogP contribution in [-0.4, -0.2) is 33.9 Å². The zero-order valence-electron chi connectivity index (χ0n) is 10.0. The molecule has 1 aromatic heterocycles. The van der Waals surface area contributed by atoms with E-state index in [1.165, 1.54) is 24.3 Å². The fraction of sp³-hybridized carbons (Fsp3) is 0.167. The van der Waals surface area contributed by atoms with Gasteiger partial charge in [-0.25, -0.2) is 13.9 Å². The first-order valence-electron chi connectivity index (χ1n) is 5.51. The number of hydrogen-bond acceptors (Lipinski definition) is 5. The van der Waals surface area contributed by atoms with Crippen LogP contribution >= 0.6 is 0 Å². The van der Waals surface area contributed by atoms with Gasteiger partial charge in [-0.05, 0) is 31.2 Å². The van der Waals surface area contributed by atoms with Crippen LogP contribution in [-0.2, 0) is 4.74 Å². The van der Waals surface area contributed by atoms with Crippen molar-refractivity contribution in [3.8, 4) is 5.69 Å². The van der Waals surface area contributed by atoms with Gasteiger partial charge in [-0.1, -0.05) is 5.21 Å². The minimum Gasteiger partial charge on any atom is -0.461 e.